The average molecular weight is 315 g/mol. The van der Waals surface area contributed by atoms with Crippen LogP contribution in [0.5, 0.6) is 0 Å². The highest BCUT2D eigenvalue weighted by Crippen LogP contribution is 2.26. The molecule has 0 atom stereocenters. The normalized spacial score (nSPS) is 10.7. The summed E-state index contributed by atoms with van der Waals surface area (Å²) in [4.78, 5) is 19.3. The van der Waals surface area contributed by atoms with Crippen LogP contribution in [0.3, 0.4) is 0 Å². The molecule has 1 N–H and O–H groups in total. The summed E-state index contributed by atoms with van der Waals surface area (Å²) in [7, 11) is 3.77. The predicted molar refractivity (Wildman–Crippen MR) is 88.9 cm³/mol. The molecule has 1 aromatic carbocycles. The summed E-state index contributed by atoms with van der Waals surface area (Å²) in [6, 6.07) is 5.64. The Balaban J connectivity index is 2.12. The van der Waals surface area contributed by atoms with Crippen LogP contribution in [0.1, 0.15) is 5.56 Å². The maximum Gasteiger partial charge on any atom is 0.228 e. The second kappa shape index (κ2) is 5.73. The lowest BCUT2D eigenvalue weighted by molar-refractivity contribution is 1.01. The Morgan fingerprint density at radius 3 is 2.59 bits per heavy atom. The van der Waals surface area contributed by atoms with Gasteiger partial charge in [0.05, 0.1) is 0 Å². The van der Waals surface area contributed by atoms with Crippen LogP contribution >= 0.6 is 11.6 Å². The van der Waals surface area contributed by atoms with Gasteiger partial charge in [-0.25, -0.2) is 9.97 Å². The summed E-state index contributed by atoms with van der Waals surface area (Å²) in [6.45, 7) is 1.98. The third kappa shape index (κ3) is 2.78. The molecule has 0 radical (unpaired) electrons. The molecule has 0 amide bonds. The summed E-state index contributed by atoms with van der Waals surface area (Å²) < 4.78 is 0. The maximum atomic E-state index is 6.00. The highest BCUT2D eigenvalue weighted by Gasteiger charge is 2.12. The van der Waals surface area contributed by atoms with E-state index in [1.54, 1.807) is 12.4 Å². The van der Waals surface area contributed by atoms with E-state index >= 15 is 0 Å². The molecule has 0 fully saturated rings. The second-order valence-corrected chi connectivity index (χ2v) is 5.52. The van der Waals surface area contributed by atoms with E-state index in [0.29, 0.717) is 28.0 Å². The van der Waals surface area contributed by atoms with Gasteiger partial charge in [-0.2, -0.15) is 9.97 Å². The Morgan fingerprint density at radius 2 is 1.86 bits per heavy atom. The van der Waals surface area contributed by atoms with E-state index < -0.39 is 0 Å². The number of hydrogen-bond donors (Lipinski definition) is 1. The lowest BCUT2D eigenvalue weighted by Gasteiger charge is -2.14. The number of rotatable bonds is 3. The lowest BCUT2D eigenvalue weighted by Crippen LogP contribution is -2.14. The minimum absolute atomic E-state index is 0.551. The Kier molecular flexibility index (Phi) is 3.77. The molecule has 0 aliphatic carbocycles. The van der Waals surface area contributed by atoms with Crippen molar-refractivity contribution in [3.05, 3.63) is 41.2 Å². The van der Waals surface area contributed by atoms with E-state index in [1.807, 2.05) is 44.1 Å². The Labute approximate surface area is 133 Å². The summed E-state index contributed by atoms with van der Waals surface area (Å²) in [5.41, 5.74) is 3.12. The van der Waals surface area contributed by atoms with Gasteiger partial charge in [-0.3, -0.25) is 0 Å². The second-order valence-electron chi connectivity index (χ2n) is 5.08. The van der Waals surface area contributed by atoms with Gasteiger partial charge >= 0.3 is 0 Å². The Bertz CT molecular complexity index is 833. The van der Waals surface area contributed by atoms with Gasteiger partial charge in [-0.15, -0.1) is 0 Å². The zero-order chi connectivity index (χ0) is 15.7. The molecule has 0 aliphatic rings. The van der Waals surface area contributed by atoms with Crippen LogP contribution < -0.4 is 10.2 Å². The number of anilines is 3. The fraction of sp³-hybridized carbons (Fsp3) is 0.200. The van der Waals surface area contributed by atoms with Crippen LogP contribution in [0.2, 0.25) is 5.02 Å². The largest absolute Gasteiger partial charge is 0.347 e. The zero-order valence-corrected chi connectivity index (χ0v) is 13.3. The van der Waals surface area contributed by atoms with Crippen LogP contribution in [-0.4, -0.2) is 34.0 Å². The number of halogens is 1. The van der Waals surface area contributed by atoms with E-state index in [-0.39, 0.29) is 0 Å². The van der Waals surface area contributed by atoms with Crippen molar-refractivity contribution >= 4 is 40.2 Å². The third-order valence-corrected chi connectivity index (χ3v) is 3.40. The molecular formula is C15H15ClN6. The highest BCUT2D eigenvalue weighted by molar-refractivity contribution is 6.30. The van der Waals surface area contributed by atoms with E-state index in [1.165, 1.54) is 0 Å². The summed E-state index contributed by atoms with van der Waals surface area (Å²) >= 11 is 6.00. The first-order valence-corrected chi connectivity index (χ1v) is 7.11. The van der Waals surface area contributed by atoms with E-state index in [2.05, 4.69) is 25.3 Å². The minimum atomic E-state index is 0.551. The van der Waals surface area contributed by atoms with Gasteiger partial charge in [-0.1, -0.05) is 11.6 Å². The van der Waals surface area contributed by atoms with E-state index in [4.69, 9.17) is 11.6 Å². The van der Waals surface area contributed by atoms with Gasteiger partial charge in [0.25, 0.3) is 0 Å². The average Bonchev–Trinajstić information content (AvgIpc) is 2.49. The van der Waals surface area contributed by atoms with Crippen molar-refractivity contribution in [3.8, 4) is 0 Å². The number of benzene rings is 1. The maximum absolute atomic E-state index is 6.00. The molecule has 3 rings (SSSR count). The fourth-order valence-electron chi connectivity index (χ4n) is 2.03. The smallest absolute Gasteiger partial charge is 0.228 e. The van der Waals surface area contributed by atoms with Crippen LogP contribution in [0.15, 0.2) is 30.6 Å². The van der Waals surface area contributed by atoms with Crippen molar-refractivity contribution in [3.63, 3.8) is 0 Å². The molecule has 0 aliphatic heterocycles. The van der Waals surface area contributed by atoms with Gasteiger partial charge in [0.15, 0.2) is 17.0 Å². The van der Waals surface area contributed by atoms with E-state index in [9.17, 15) is 0 Å². The van der Waals surface area contributed by atoms with Crippen LogP contribution in [0.25, 0.3) is 11.2 Å². The molecule has 0 saturated carbocycles. The fourth-order valence-corrected chi connectivity index (χ4v) is 2.26. The van der Waals surface area contributed by atoms with Crippen molar-refractivity contribution < 1.29 is 0 Å². The Hall–Kier alpha value is -2.47. The molecule has 3 aromatic rings. The number of nitrogens with one attached hydrogen (secondary N) is 1. The molecule has 0 bridgehead atoms. The van der Waals surface area contributed by atoms with Gasteiger partial charge < -0.3 is 10.2 Å². The Morgan fingerprint density at radius 1 is 1.09 bits per heavy atom. The third-order valence-electron chi connectivity index (χ3n) is 3.16. The van der Waals surface area contributed by atoms with Gasteiger partial charge in [0.1, 0.15) is 0 Å². The summed E-state index contributed by atoms with van der Waals surface area (Å²) in [5, 5.41) is 4.00. The van der Waals surface area contributed by atoms with Crippen molar-refractivity contribution in [2.24, 2.45) is 0 Å². The van der Waals surface area contributed by atoms with Crippen molar-refractivity contribution in [2.45, 2.75) is 6.92 Å². The summed E-state index contributed by atoms with van der Waals surface area (Å²) in [6.07, 6.45) is 3.24. The number of nitrogens with zero attached hydrogens (tertiary/aromatic N) is 5. The molecule has 0 unspecified atom stereocenters. The van der Waals surface area contributed by atoms with Crippen LogP contribution in [-0.2, 0) is 0 Å². The molecule has 2 aromatic heterocycles. The molecule has 2 heterocycles. The molecule has 6 nitrogen and oxygen atoms in total. The van der Waals surface area contributed by atoms with Gasteiger partial charge in [0, 0.05) is 37.2 Å². The minimum Gasteiger partial charge on any atom is -0.347 e. The first-order chi connectivity index (χ1) is 10.5. The monoisotopic (exact) mass is 314 g/mol. The van der Waals surface area contributed by atoms with Gasteiger partial charge in [0.2, 0.25) is 5.95 Å². The number of aromatic nitrogens is 4. The molecular weight excluding hydrogens is 300 g/mol. The number of fused-ring (bicyclic) bond motifs is 1. The number of hydrogen-bond acceptors (Lipinski definition) is 6. The van der Waals surface area contributed by atoms with Gasteiger partial charge in [-0.05, 0) is 30.7 Å². The van der Waals surface area contributed by atoms with Crippen LogP contribution in [0.4, 0.5) is 17.5 Å². The standard InChI is InChI=1S/C15H15ClN6/c1-9-8-10(16)4-5-11(9)19-14-12-13(18-7-6-17-12)20-15(21-14)22(2)3/h4-8H,1-3H3,(H,18,19,20,21). The first kappa shape index (κ1) is 14.5. The number of aryl methyl sites for hydroxylation is 1. The topological polar surface area (TPSA) is 66.8 Å². The highest BCUT2D eigenvalue weighted by atomic mass is 35.5. The molecule has 0 spiro atoms. The predicted octanol–water partition coefficient (Wildman–Crippen LogP) is 3.19. The van der Waals surface area contributed by atoms with E-state index in [0.717, 1.165) is 11.3 Å². The molecule has 112 valence electrons. The quantitative estimate of drug-likeness (QED) is 0.801. The zero-order valence-electron chi connectivity index (χ0n) is 12.5. The van der Waals surface area contributed by atoms with Crippen LogP contribution in [0, 0.1) is 6.92 Å². The first-order valence-electron chi connectivity index (χ1n) is 6.74. The summed E-state index contributed by atoms with van der Waals surface area (Å²) in [5.74, 6) is 1.19. The SMILES string of the molecule is Cc1cc(Cl)ccc1Nc1nc(N(C)C)nc2nccnc12. The molecule has 7 heteroatoms. The lowest BCUT2D eigenvalue weighted by atomic mass is 10.2. The van der Waals surface area contributed by atoms with Crippen molar-refractivity contribution in [1.29, 1.82) is 0 Å². The molecule has 22 heavy (non-hydrogen) atoms. The molecule has 0 saturated heterocycles. The van der Waals surface area contributed by atoms with Crippen molar-refractivity contribution in [1.82, 2.24) is 19.9 Å². The van der Waals surface area contributed by atoms with Crippen molar-refractivity contribution in [2.75, 3.05) is 24.3 Å².